The Bertz CT molecular complexity index is 651. The van der Waals surface area contributed by atoms with Crippen LogP contribution in [0.2, 0.25) is 0 Å². The highest BCUT2D eigenvalue weighted by Gasteiger charge is 2.18. The van der Waals surface area contributed by atoms with Crippen LogP contribution >= 0.6 is 11.8 Å². The summed E-state index contributed by atoms with van der Waals surface area (Å²) in [5.41, 5.74) is 1.83. The molecule has 0 bridgehead atoms. The van der Waals surface area contributed by atoms with Crippen LogP contribution in [0.3, 0.4) is 0 Å². The molecule has 0 unspecified atom stereocenters. The fourth-order valence-electron chi connectivity index (χ4n) is 2.03. The van der Waals surface area contributed by atoms with Gasteiger partial charge in [0.25, 0.3) is 0 Å². The molecule has 0 saturated heterocycles. The molecular formula is C17H18O3S. The van der Waals surface area contributed by atoms with Crippen LogP contribution < -0.4 is 0 Å². The highest BCUT2D eigenvalue weighted by atomic mass is 32.2. The lowest BCUT2D eigenvalue weighted by atomic mass is 10.0. The van der Waals surface area contributed by atoms with E-state index in [-0.39, 0.29) is 5.75 Å². The highest BCUT2D eigenvalue weighted by Crippen LogP contribution is 2.40. The zero-order chi connectivity index (χ0) is 15.4. The third-order valence-corrected chi connectivity index (χ3v) is 4.38. The molecular weight excluding hydrogens is 284 g/mol. The van der Waals surface area contributed by atoms with Crippen molar-refractivity contribution in [2.24, 2.45) is 0 Å². The number of hydrogen-bond donors (Lipinski definition) is 1. The molecule has 0 amide bonds. The normalized spacial score (nSPS) is 10.4. The lowest BCUT2D eigenvalue weighted by Crippen LogP contribution is -2.07. The first-order valence-corrected chi connectivity index (χ1v) is 7.59. The van der Waals surface area contributed by atoms with Crippen molar-refractivity contribution in [1.82, 2.24) is 0 Å². The standard InChI is InChI=1S/C17H18O3S/c1-4-20-17(19)14-10-11(2)16(15(18)12(14)3)21-13-8-6-5-7-9-13/h5-10,18H,4H2,1-3H3. The Morgan fingerprint density at radius 2 is 1.90 bits per heavy atom. The molecule has 4 heteroatoms. The predicted octanol–water partition coefficient (Wildman–Crippen LogP) is 4.34. The first-order chi connectivity index (χ1) is 10.0. The first-order valence-electron chi connectivity index (χ1n) is 6.77. The molecule has 21 heavy (non-hydrogen) atoms. The van der Waals surface area contributed by atoms with Crippen LogP contribution in [0, 0.1) is 13.8 Å². The third-order valence-electron chi connectivity index (χ3n) is 3.15. The maximum atomic E-state index is 11.9. The van der Waals surface area contributed by atoms with Gasteiger partial charge in [-0.2, -0.15) is 0 Å². The van der Waals surface area contributed by atoms with Crippen molar-refractivity contribution in [3.05, 3.63) is 53.1 Å². The summed E-state index contributed by atoms with van der Waals surface area (Å²) in [5, 5.41) is 10.4. The Balaban J connectivity index is 2.41. The second-order valence-electron chi connectivity index (χ2n) is 4.68. The largest absolute Gasteiger partial charge is 0.506 e. The number of esters is 1. The minimum Gasteiger partial charge on any atom is -0.506 e. The monoisotopic (exact) mass is 302 g/mol. The number of phenolic OH excluding ortho intramolecular Hbond substituents is 1. The molecule has 0 aromatic heterocycles. The molecule has 0 atom stereocenters. The van der Waals surface area contributed by atoms with Crippen molar-refractivity contribution in [3.8, 4) is 5.75 Å². The number of hydrogen-bond acceptors (Lipinski definition) is 4. The maximum absolute atomic E-state index is 11.9. The van der Waals surface area contributed by atoms with Crippen molar-refractivity contribution >= 4 is 17.7 Å². The van der Waals surface area contributed by atoms with Gasteiger partial charge in [0.05, 0.1) is 17.1 Å². The van der Waals surface area contributed by atoms with Gasteiger partial charge in [-0.1, -0.05) is 30.0 Å². The van der Waals surface area contributed by atoms with Gasteiger partial charge in [0, 0.05) is 10.5 Å². The van der Waals surface area contributed by atoms with Crippen LogP contribution in [0.5, 0.6) is 5.75 Å². The van der Waals surface area contributed by atoms with E-state index in [4.69, 9.17) is 4.74 Å². The summed E-state index contributed by atoms with van der Waals surface area (Å²) in [4.78, 5) is 13.7. The number of aryl methyl sites for hydroxylation is 1. The average molecular weight is 302 g/mol. The number of phenols is 1. The molecule has 1 N–H and O–H groups in total. The van der Waals surface area contributed by atoms with Crippen molar-refractivity contribution in [2.75, 3.05) is 6.61 Å². The lowest BCUT2D eigenvalue weighted by molar-refractivity contribution is 0.0524. The second-order valence-corrected chi connectivity index (χ2v) is 5.76. The number of aromatic hydroxyl groups is 1. The van der Waals surface area contributed by atoms with Crippen molar-refractivity contribution in [1.29, 1.82) is 0 Å². The molecule has 0 spiro atoms. The molecule has 0 aliphatic carbocycles. The van der Waals surface area contributed by atoms with Gasteiger partial charge in [-0.05, 0) is 44.5 Å². The van der Waals surface area contributed by atoms with Gasteiger partial charge in [-0.15, -0.1) is 0 Å². The van der Waals surface area contributed by atoms with E-state index < -0.39 is 5.97 Å². The van der Waals surface area contributed by atoms with Gasteiger partial charge in [0.1, 0.15) is 5.75 Å². The number of carbonyl (C=O) groups is 1. The number of carbonyl (C=O) groups excluding carboxylic acids is 1. The second kappa shape index (κ2) is 6.68. The summed E-state index contributed by atoms with van der Waals surface area (Å²) < 4.78 is 5.02. The summed E-state index contributed by atoms with van der Waals surface area (Å²) in [6.45, 7) is 5.70. The van der Waals surface area contributed by atoms with Crippen molar-refractivity contribution in [2.45, 2.75) is 30.6 Å². The fraction of sp³-hybridized carbons (Fsp3) is 0.235. The SMILES string of the molecule is CCOC(=O)c1cc(C)c(Sc2ccccc2)c(O)c1C. The number of rotatable bonds is 4. The summed E-state index contributed by atoms with van der Waals surface area (Å²) >= 11 is 1.49. The molecule has 3 nitrogen and oxygen atoms in total. The Labute approximate surface area is 129 Å². The van der Waals surface area contributed by atoms with E-state index >= 15 is 0 Å². The first kappa shape index (κ1) is 15.4. The fourth-order valence-corrected chi connectivity index (χ4v) is 3.03. The maximum Gasteiger partial charge on any atom is 0.338 e. The topological polar surface area (TPSA) is 46.5 Å². The van der Waals surface area contributed by atoms with E-state index in [9.17, 15) is 9.90 Å². The predicted molar refractivity (Wildman–Crippen MR) is 84.1 cm³/mol. The molecule has 2 aromatic rings. The van der Waals surface area contributed by atoms with E-state index in [1.54, 1.807) is 19.9 Å². The summed E-state index contributed by atoms with van der Waals surface area (Å²) in [5.74, 6) is -0.253. The summed E-state index contributed by atoms with van der Waals surface area (Å²) in [6.07, 6.45) is 0. The Hall–Kier alpha value is -1.94. The van der Waals surface area contributed by atoms with Crippen LogP contribution in [0.4, 0.5) is 0 Å². The minimum atomic E-state index is -0.398. The van der Waals surface area contributed by atoms with Gasteiger partial charge in [-0.3, -0.25) is 0 Å². The van der Waals surface area contributed by atoms with Crippen molar-refractivity contribution < 1.29 is 14.6 Å². The molecule has 0 radical (unpaired) electrons. The number of benzene rings is 2. The molecule has 0 heterocycles. The molecule has 0 aliphatic rings. The zero-order valence-corrected chi connectivity index (χ0v) is 13.2. The van der Waals surface area contributed by atoms with Crippen molar-refractivity contribution in [3.63, 3.8) is 0 Å². The van der Waals surface area contributed by atoms with E-state index in [0.29, 0.717) is 17.7 Å². The third kappa shape index (κ3) is 3.39. The van der Waals surface area contributed by atoms with Gasteiger partial charge < -0.3 is 9.84 Å². The molecule has 0 saturated carbocycles. The van der Waals surface area contributed by atoms with Crippen LogP contribution in [0.25, 0.3) is 0 Å². The average Bonchev–Trinajstić information content (AvgIpc) is 2.48. The number of ether oxygens (including phenoxy) is 1. The van der Waals surface area contributed by atoms with Crippen LogP contribution in [-0.4, -0.2) is 17.7 Å². The Kier molecular flexibility index (Phi) is 4.91. The summed E-state index contributed by atoms with van der Waals surface area (Å²) in [6, 6.07) is 11.6. The van der Waals surface area contributed by atoms with Gasteiger partial charge in [-0.25, -0.2) is 4.79 Å². The van der Waals surface area contributed by atoms with Gasteiger partial charge in [0.15, 0.2) is 0 Å². The lowest BCUT2D eigenvalue weighted by Gasteiger charge is -2.14. The molecule has 2 rings (SSSR count). The summed E-state index contributed by atoms with van der Waals surface area (Å²) in [7, 11) is 0. The van der Waals surface area contributed by atoms with E-state index in [0.717, 1.165) is 15.4 Å². The highest BCUT2D eigenvalue weighted by molar-refractivity contribution is 7.99. The van der Waals surface area contributed by atoms with Gasteiger partial charge in [0.2, 0.25) is 0 Å². The molecule has 0 aliphatic heterocycles. The Morgan fingerprint density at radius 3 is 2.52 bits per heavy atom. The van der Waals surface area contributed by atoms with E-state index in [2.05, 4.69) is 0 Å². The van der Waals surface area contributed by atoms with Crippen LogP contribution in [0.1, 0.15) is 28.4 Å². The minimum absolute atomic E-state index is 0.145. The Morgan fingerprint density at radius 1 is 1.24 bits per heavy atom. The molecule has 0 fully saturated rings. The van der Waals surface area contributed by atoms with Gasteiger partial charge >= 0.3 is 5.97 Å². The zero-order valence-electron chi connectivity index (χ0n) is 12.3. The smallest absolute Gasteiger partial charge is 0.338 e. The van der Waals surface area contributed by atoms with Crippen LogP contribution in [0.15, 0.2) is 46.2 Å². The van der Waals surface area contributed by atoms with E-state index in [1.165, 1.54) is 11.8 Å². The van der Waals surface area contributed by atoms with Crippen LogP contribution in [-0.2, 0) is 4.74 Å². The molecule has 110 valence electrons. The quantitative estimate of drug-likeness (QED) is 0.854. The molecule has 2 aromatic carbocycles. The van der Waals surface area contributed by atoms with E-state index in [1.807, 2.05) is 37.3 Å².